The fourth-order valence-corrected chi connectivity index (χ4v) is 1.72. The molecule has 1 heterocycles. The van der Waals surface area contributed by atoms with Crippen molar-refractivity contribution < 1.29 is 0 Å². The van der Waals surface area contributed by atoms with Gasteiger partial charge in [-0.2, -0.15) is 0 Å². The second kappa shape index (κ2) is 5.55. The fraction of sp³-hybridized carbons (Fsp3) is 0.286. The van der Waals surface area contributed by atoms with E-state index >= 15 is 0 Å². The Morgan fingerprint density at radius 2 is 1.88 bits per heavy atom. The summed E-state index contributed by atoms with van der Waals surface area (Å²) in [4.78, 5) is 8.85. The van der Waals surface area contributed by atoms with Crippen molar-refractivity contribution in [3.05, 3.63) is 47.8 Å². The van der Waals surface area contributed by atoms with E-state index < -0.39 is 0 Å². The molecule has 1 aromatic carbocycles. The molecule has 2 aromatic rings. The lowest BCUT2D eigenvalue weighted by atomic mass is 10.1. The van der Waals surface area contributed by atoms with Crippen molar-refractivity contribution in [2.24, 2.45) is 5.73 Å². The van der Waals surface area contributed by atoms with E-state index in [0.717, 1.165) is 35.5 Å². The summed E-state index contributed by atoms with van der Waals surface area (Å²) in [7, 11) is 0. The van der Waals surface area contributed by atoms with E-state index in [1.54, 1.807) is 0 Å². The molecule has 2 rings (SSSR count). The van der Waals surface area contributed by atoms with Gasteiger partial charge in [0.25, 0.3) is 0 Å². The molecule has 0 bridgehead atoms. The van der Waals surface area contributed by atoms with Crippen LogP contribution in [0.3, 0.4) is 0 Å². The summed E-state index contributed by atoms with van der Waals surface area (Å²) >= 11 is 0. The number of nitrogens with zero attached hydrogens (tertiary/aromatic N) is 2. The number of aryl methyl sites for hydroxylation is 1. The maximum Gasteiger partial charge on any atom is 0.159 e. The van der Waals surface area contributed by atoms with E-state index in [2.05, 4.69) is 16.9 Å². The smallest absolute Gasteiger partial charge is 0.159 e. The summed E-state index contributed by atoms with van der Waals surface area (Å²) < 4.78 is 0. The number of hydrogen-bond donors (Lipinski definition) is 1. The fourth-order valence-electron chi connectivity index (χ4n) is 1.72. The molecular formula is C14H17N3. The monoisotopic (exact) mass is 227 g/mol. The van der Waals surface area contributed by atoms with E-state index in [1.807, 2.05) is 36.5 Å². The van der Waals surface area contributed by atoms with Crippen LogP contribution in [-0.2, 0) is 13.0 Å². The lowest BCUT2D eigenvalue weighted by Gasteiger charge is -2.03. The Labute approximate surface area is 102 Å². The molecule has 1 aromatic heterocycles. The normalized spacial score (nSPS) is 10.5. The molecule has 3 heteroatoms. The highest BCUT2D eigenvalue weighted by Crippen LogP contribution is 2.15. The van der Waals surface area contributed by atoms with Crippen molar-refractivity contribution in [2.75, 3.05) is 0 Å². The SMILES string of the molecule is CCCc1ccnc(-c2ccc(CN)cc2)n1. The van der Waals surface area contributed by atoms with Crippen LogP contribution in [0.15, 0.2) is 36.5 Å². The second-order valence-electron chi connectivity index (χ2n) is 4.02. The molecule has 0 radical (unpaired) electrons. The zero-order valence-electron chi connectivity index (χ0n) is 10.1. The van der Waals surface area contributed by atoms with Gasteiger partial charge in [0.15, 0.2) is 5.82 Å². The Morgan fingerprint density at radius 1 is 1.12 bits per heavy atom. The minimum atomic E-state index is 0.566. The Kier molecular flexibility index (Phi) is 3.83. The largest absolute Gasteiger partial charge is 0.326 e. The highest BCUT2D eigenvalue weighted by Gasteiger charge is 2.02. The van der Waals surface area contributed by atoms with E-state index in [-0.39, 0.29) is 0 Å². The van der Waals surface area contributed by atoms with Gasteiger partial charge in [-0.05, 0) is 18.1 Å². The van der Waals surface area contributed by atoms with Crippen LogP contribution in [0.2, 0.25) is 0 Å². The van der Waals surface area contributed by atoms with Crippen LogP contribution < -0.4 is 5.73 Å². The highest BCUT2D eigenvalue weighted by molar-refractivity contribution is 5.55. The number of aromatic nitrogens is 2. The van der Waals surface area contributed by atoms with Crippen LogP contribution in [0.5, 0.6) is 0 Å². The van der Waals surface area contributed by atoms with Crippen LogP contribution in [0.4, 0.5) is 0 Å². The molecule has 0 saturated carbocycles. The van der Waals surface area contributed by atoms with Crippen LogP contribution in [0.25, 0.3) is 11.4 Å². The van der Waals surface area contributed by atoms with Crippen molar-refractivity contribution in [2.45, 2.75) is 26.3 Å². The van der Waals surface area contributed by atoms with E-state index in [9.17, 15) is 0 Å². The first-order chi connectivity index (χ1) is 8.33. The molecule has 0 aliphatic heterocycles. The number of rotatable bonds is 4. The average Bonchev–Trinajstić information content (AvgIpc) is 2.40. The summed E-state index contributed by atoms with van der Waals surface area (Å²) in [5.41, 5.74) is 8.83. The minimum absolute atomic E-state index is 0.566. The van der Waals surface area contributed by atoms with E-state index in [1.165, 1.54) is 0 Å². The van der Waals surface area contributed by atoms with Crippen molar-refractivity contribution in [1.29, 1.82) is 0 Å². The van der Waals surface area contributed by atoms with Gasteiger partial charge in [0, 0.05) is 24.0 Å². The highest BCUT2D eigenvalue weighted by atomic mass is 14.9. The zero-order chi connectivity index (χ0) is 12.1. The zero-order valence-corrected chi connectivity index (χ0v) is 10.1. The summed E-state index contributed by atoms with van der Waals surface area (Å²) in [5, 5.41) is 0. The maximum absolute atomic E-state index is 5.57. The first-order valence-electron chi connectivity index (χ1n) is 5.94. The predicted octanol–water partition coefficient (Wildman–Crippen LogP) is 2.55. The van der Waals surface area contributed by atoms with Crippen LogP contribution in [0, 0.1) is 0 Å². The van der Waals surface area contributed by atoms with Gasteiger partial charge in [-0.3, -0.25) is 0 Å². The van der Waals surface area contributed by atoms with Gasteiger partial charge < -0.3 is 5.73 Å². The van der Waals surface area contributed by atoms with Crippen molar-refractivity contribution >= 4 is 0 Å². The molecule has 17 heavy (non-hydrogen) atoms. The van der Waals surface area contributed by atoms with Crippen molar-refractivity contribution in [1.82, 2.24) is 9.97 Å². The molecular weight excluding hydrogens is 210 g/mol. The van der Waals surface area contributed by atoms with Gasteiger partial charge in [-0.1, -0.05) is 37.6 Å². The van der Waals surface area contributed by atoms with Crippen LogP contribution in [0.1, 0.15) is 24.6 Å². The molecule has 0 atom stereocenters. The molecule has 0 aliphatic rings. The minimum Gasteiger partial charge on any atom is -0.326 e. The Hall–Kier alpha value is -1.74. The maximum atomic E-state index is 5.57. The lowest BCUT2D eigenvalue weighted by Crippen LogP contribution is -1.97. The quantitative estimate of drug-likeness (QED) is 0.873. The molecule has 0 amide bonds. The van der Waals surface area contributed by atoms with E-state index in [0.29, 0.717) is 6.54 Å². The molecule has 0 unspecified atom stereocenters. The first kappa shape index (κ1) is 11.7. The Bertz CT molecular complexity index is 477. The first-order valence-corrected chi connectivity index (χ1v) is 5.94. The third-order valence-electron chi connectivity index (χ3n) is 2.67. The number of benzene rings is 1. The summed E-state index contributed by atoms with van der Waals surface area (Å²) in [5.74, 6) is 0.791. The molecule has 0 fully saturated rings. The van der Waals surface area contributed by atoms with Gasteiger partial charge >= 0.3 is 0 Å². The Balaban J connectivity index is 2.28. The Morgan fingerprint density at radius 3 is 2.53 bits per heavy atom. The topological polar surface area (TPSA) is 51.8 Å². The van der Waals surface area contributed by atoms with Crippen LogP contribution in [-0.4, -0.2) is 9.97 Å². The van der Waals surface area contributed by atoms with Gasteiger partial charge in [0.2, 0.25) is 0 Å². The number of hydrogen-bond acceptors (Lipinski definition) is 3. The summed E-state index contributed by atoms with van der Waals surface area (Å²) in [6.07, 6.45) is 3.92. The second-order valence-corrected chi connectivity index (χ2v) is 4.02. The summed E-state index contributed by atoms with van der Waals surface area (Å²) in [6.45, 7) is 2.72. The predicted molar refractivity (Wildman–Crippen MR) is 69.4 cm³/mol. The van der Waals surface area contributed by atoms with Crippen LogP contribution >= 0.6 is 0 Å². The molecule has 3 nitrogen and oxygen atoms in total. The third-order valence-corrected chi connectivity index (χ3v) is 2.67. The third kappa shape index (κ3) is 2.88. The molecule has 88 valence electrons. The molecule has 0 aliphatic carbocycles. The van der Waals surface area contributed by atoms with Gasteiger partial charge in [-0.25, -0.2) is 9.97 Å². The average molecular weight is 227 g/mol. The molecule has 0 spiro atoms. The van der Waals surface area contributed by atoms with Crippen molar-refractivity contribution in [3.8, 4) is 11.4 Å². The molecule has 0 saturated heterocycles. The summed E-state index contributed by atoms with van der Waals surface area (Å²) in [6, 6.07) is 10.1. The van der Waals surface area contributed by atoms with E-state index in [4.69, 9.17) is 5.73 Å². The van der Waals surface area contributed by atoms with Gasteiger partial charge in [0.1, 0.15) is 0 Å². The standard InChI is InChI=1S/C14H17N3/c1-2-3-13-8-9-16-14(17-13)12-6-4-11(10-15)5-7-12/h4-9H,2-3,10,15H2,1H3. The number of nitrogens with two attached hydrogens (primary N) is 1. The van der Waals surface area contributed by atoms with Gasteiger partial charge in [-0.15, -0.1) is 0 Å². The van der Waals surface area contributed by atoms with Gasteiger partial charge in [0.05, 0.1) is 0 Å². The lowest BCUT2D eigenvalue weighted by molar-refractivity contribution is 0.875. The van der Waals surface area contributed by atoms with Crippen molar-refractivity contribution in [3.63, 3.8) is 0 Å². The molecule has 2 N–H and O–H groups in total.